The van der Waals surface area contributed by atoms with Gasteiger partial charge in [-0.15, -0.1) is 0 Å². The molecule has 68 valence electrons. The smallest absolute Gasteiger partial charge is 0.418 e. The van der Waals surface area contributed by atoms with Crippen molar-refractivity contribution in [3.05, 3.63) is 35.9 Å². The predicted octanol–water partition coefficient (Wildman–Crippen LogP) is 3.30. The Kier molecular flexibility index (Phi) is 4.40. The van der Waals surface area contributed by atoms with Crippen molar-refractivity contribution in [1.29, 1.82) is 0 Å². The molecule has 0 nitrogen and oxygen atoms in total. The van der Waals surface area contributed by atoms with Gasteiger partial charge in [-0.25, -0.2) is 0 Å². The Morgan fingerprint density at radius 3 is 1.42 bits per heavy atom. The molecule has 0 radical (unpaired) electrons. The largest absolute Gasteiger partial charge is 0.673 e. The van der Waals surface area contributed by atoms with Crippen LogP contribution in [0.2, 0.25) is 0 Å². The highest BCUT2D eigenvalue weighted by Crippen LogP contribution is 2.06. The Labute approximate surface area is 68.3 Å². The first kappa shape index (κ1) is 11.0. The lowest BCUT2D eigenvalue weighted by Crippen LogP contribution is -2.02. The lowest BCUT2D eigenvalue weighted by molar-refractivity contribution is 0.368. The van der Waals surface area contributed by atoms with E-state index in [4.69, 9.17) is 0 Å². The van der Waals surface area contributed by atoms with Crippen molar-refractivity contribution in [2.24, 2.45) is 0 Å². The van der Waals surface area contributed by atoms with Crippen molar-refractivity contribution in [1.82, 2.24) is 0 Å². The zero-order chi connectivity index (χ0) is 9.61. The van der Waals surface area contributed by atoms with E-state index in [0.717, 1.165) is 0 Å². The van der Waals surface area contributed by atoms with Gasteiger partial charge < -0.3 is 17.3 Å². The van der Waals surface area contributed by atoms with E-state index in [-0.39, 0.29) is 0 Å². The molecular formula is C7H8BF4-. The van der Waals surface area contributed by atoms with E-state index in [1.54, 1.807) is 0 Å². The molecule has 1 rings (SSSR count). The summed E-state index contributed by atoms with van der Waals surface area (Å²) in [6.45, 7) is 2.08. The quantitative estimate of drug-likeness (QED) is 0.423. The maximum absolute atomic E-state index is 9.75. The molecule has 1 aromatic rings. The molecular weight excluding hydrogens is 171 g/mol. The van der Waals surface area contributed by atoms with Crippen LogP contribution in [-0.2, 0) is 0 Å². The summed E-state index contributed by atoms with van der Waals surface area (Å²) >= 11 is 0. The van der Waals surface area contributed by atoms with Gasteiger partial charge in [-0.1, -0.05) is 35.9 Å². The fourth-order valence-electron chi connectivity index (χ4n) is 0.534. The van der Waals surface area contributed by atoms with Gasteiger partial charge in [0.25, 0.3) is 0 Å². The lowest BCUT2D eigenvalue weighted by Gasteiger charge is -1.94. The molecule has 0 N–H and O–H groups in total. The minimum absolute atomic E-state index is 1.32. The molecule has 0 bridgehead atoms. The Balaban J connectivity index is 0.000000217. The monoisotopic (exact) mass is 179 g/mol. The Bertz CT molecular complexity index is 200. The van der Waals surface area contributed by atoms with Crippen molar-refractivity contribution < 1.29 is 17.3 Å². The number of halogens is 4. The van der Waals surface area contributed by atoms with Gasteiger partial charge in [0.1, 0.15) is 0 Å². The maximum atomic E-state index is 9.75. The average molecular weight is 179 g/mol. The van der Waals surface area contributed by atoms with Crippen molar-refractivity contribution in [3.8, 4) is 0 Å². The maximum Gasteiger partial charge on any atom is 0.673 e. The molecule has 0 heterocycles. The highest BCUT2D eigenvalue weighted by atomic mass is 19.5. The fourth-order valence-corrected chi connectivity index (χ4v) is 0.534. The highest BCUT2D eigenvalue weighted by Gasteiger charge is 2.20. The average Bonchev–Trinajstić information content (AvgIpc) is 1.85. The number of rotatable bonds is 0. The lowest BCUT2D eigenvalue weighted by atomic mass is 10.2. The molecule has 1 aromatic carbocycles. The second-order valence-corrected chi connectivity index (χ2v) is 2.15. The number of benzene rings is 1. The molecule has 0 amide bonds. The molecule has 0 unspecified atom stereocenters. The van der Waals surface area contributed by atoms with Crippen molar-refractivity contribution >= 4 is 7.25 Å². The summed E-state index contributed by atoms with van der Waals surface area (Å²) in [7, 11) is -6.00. The molecule has 0 aliphatic heterocycles. The van der Waals surface area contributed by atoms with Gasteiger partial charge in [-0.05, 0) is 6.92 Å². The standard InChI is InChI=1S/C7H8.BF4/c1-7-5-3-2-4-6-7;2-1(3,4)5/h2-6H,1H3;/q;-1. The topological polar surface area (TPSA) is 0 Å². The van der Waals surface area contributed by atoms with Crippen LogP contribution >= 0.6 is 0 Å². The summed E-state index contributed by atoms with van der Waals surface area (Å²) < 4.78 is 39.0. The SMILES string of the molecule is Cc1ccccc1.F[B-](F)(F)F. The highest BCUT2D eigenvalue weighted by molar-refractivity contribution is 6.50. The van der Waals surface area contributed by atoms with E-state index >= 15 is 0 Å². The zero-order valence-electron chi connectivity index (χ0n) is 6.48. The molecule has 0 spiro atoms. The van der Waals surface area contributed by atoms with E-state index in [1.165, 1.54) is 5.56 Å². The van der Waals surface area contributed by atoms with Gasteiger partial charge in [-0.2, -0.15) is 0 Å². The minimum Gasteiger partial charge on any atom is -0.418 e. The third-order valence-electron chi connectivity index (χ3n) is 0.940. The normalized spacial score (nSPS) is 10.1. The molecule has 0 aliphatic rings. The second kappa shape index (κ2) is 4.80. The van der Waals surface area contributed by atoms with E-state index < -0.39 is 7.25 Å². The minimum atomic E-state index is -6.00. The summed E-state index contributed by atoms with van der Waals surface area (Å²) in [5, 5.41) is 0. The van der Waals surface area contributed by atoms with Gasteiger partial charge in [0.15, 0.2) is 0 Å². The van der Waals surface area contributed by atoms with E-state index in [2.05, 4.69) is 19.1 Å². The molecule has 5 heteroatoms. The van der Waals surface area contributed by atoms with Crippen molar-refractivity contribution in [3.63, 3.8) is 0 Å². The number of hydrogen-bond acceptors (Lipinski definition) is 0. The number of aryl methyl sites for hydroxylation is 1. The third kappa shape index (κ3) is 11.8. The molecule has 0 aromatic heterocycles. The summed E-state index contributed by atoms with van der Waals surface area (Å²) in [5.41, 5.74) is 1.32. The van der Waals surface area contributed by atoms with Crippen LogP contribution in [0.1, 0.15) is 5.56 Å². The van der Waals surface area contributed by atoms with Crippen LogP contribution in [-0.4, -0.2) is 7.25 Å². The van der Waals surface area contributed by atoms with E-state index in [9.17, 15) is 17.3 Å². The summed E-state index contributed by atoms with van der Waals surface area (Å²) in [5.74, 6) is 0. The second-order valence-electron chi connectivity index (χ2n) is 2.15. The van der Waals surface area contributed by atoms with Crippen LogP contribution in [0, 0.1) is 6.92 Å². The third-order valence-corrected chi connectivity index (χ3v) is 0.940. The van der Waals surface area contributed by atoms with Gasteiger partial charge >= 0.3 is 7.25 Å². The summed E-state index contributed by atoms with van der Waals surface area (Å²) in [6, 6.07) is 10.3. The first-order valence-corrected chi connectivity index (χ1v) is 3.28. The molecule has 0 atom stereocenters. The van der Waals surface area contributed by atoms with Crippen molar-refractivity contribution in [2.45, 2.75) is 6.92 Å². The predicted molar refractivity (Wildman–Crippen MR) is 41.4 cm³/mol. The number of hydrogen-bond donors (Lipinski definition) is 0. The van der Waals surface area contributed by atoms with Crippen LogP contribution in [0.15, 0.2) is 30.3 Å². The summed E-state index contributed by atoms with van der Waals surface area (Å²) in [4.78, 5) is 0. The van der Waals surface area contributed by atoms with Gasteiger partial charge in [-0.3, -0.25) is 0 Å². The Hall–Kier alpha value is -0.995. The van der Waals surface area contributed by atoms with Crippen molar-refractivity contribution in [2.75, 3.05) is 0 Å². The van der Waals surface area contributed by atoms with Crippen LogP contribution in [0.3, 0.4) is 0 Å². The Morgan fingerprint density at radius 1 is 0.917 bits per heavy atom. The van der Waals surface area contributed by atoms with Gasteiger partial charge in [0, 0.05) is 0 Å². The van der Waals surface area contributed by atoms with Crippen LogP contribution in [0.25, 0.3) is 0 Å². The fraction of sp³-hybridized carbons (Fsp3) is 0.143. The zero-order valence-corrected chi connectivity index (χ0v) is 6.48. The molecule has 0 saturated heterocycles. The van der Waals surface area contributed by atoms with Crippen LogP contribution < -0.4 is 0 Å². The molecule has 12 heavy (non-hydrogen) atoms. The van der Waals surface area contributed by atoms with Gasteiger partial charge in [0.05, 0.1) is 0 Å². The van der Waals surface area contributed by atoms with E-state index in [0.29, 0.717) is 0 Å². The first-order valence-electron chi connectivity index (χ1n) is 3.28. The van der Waals surface area contributed by atoms with Crippen LogP contribution in [0.4, 0.5) is 17.3 Å². The molecule has 0 aliphatic carbocycles. The summed E-state index contributed by atoms with van der Waals surface area (Å²) in [6.07, 6.45) is 0. The van der Waals surface area contributed by atoms with Gasteiger partial charge in [0.2, 0.25) is 0 Å². The van der Waals surface area contributed by atoms with E-state index in [1.807, 2.05) is 18.2 Å². The van der Waals surface area contributed by atoms with Crippen LogP contribution in [0.5, 0.6) is 0 Å². The molecule has 0 fully saturated rings. The molecule has 0 saturated carbocycles. The Morgan fingerprint density at radius 2 is 1.25 bits per heavy atom. The first-order chi connectivity index (χ1) is 5.39.